The van der Waals surface area contributed by atoms with Gasteiger partial charge in [0.05, 0.1) is 54.4 Å². The molecule has 0 spiro atoms. The van der Waals surface area contributed by atoms with Crippen molar-refractivity contribution in [2.75, 3.05) is 13.7 Å². The molecule has 0 bridgehead atoms. The molecule has 5 rings (SSSR count). The summed E-state index contributed by atoms with van der Waals surface area (Å²) in [5.74, 6) is 2.85. The number of hydrazone groups is 1. The first-order chi connectivity index (χ1) is 18.6. The number of hydrogen-bond acceptors (Lipinski definition) is 12. The van der Waals surface area contributed by atoms with E-state index in [-0.39, 0.29) is 64.1 Å². The highest BCUT2D eigenvalue weighted by atomic mass is 16.7. The highest BCUT2D eigenvalue weighted by molar-refractivity contribution is 6.31. The molecule has 5 unspecified atom stereocenters. The zero-order chi connectivity index (χ0) is 28.2. The molecule has 3 aliphatic rings. The fraction of sp³-hybridized carbons (Fsp3) is 0.444. The molecule has 1 aliphatic heterocycles. The van der Waals surface area contributed by atoms with Crippen molar-refractivity contribution in [3.05, 3.63) is 51.6 Å². The van der Waals surface area contributed by atoms with E-state index in [0.29, 0.717) is 0 Å². The van der Waals surface area contributed by atoms with E-state index in [4.69, 9.17) is 25.8 Å². The summed E-state index contributed by atoms with van der Waals surface area (Å²) in [5.41, 5.74) is 5.94. The third-order valence-corrected chi connectivity index (χ3v) is 7.90. The third-order valence-electron chi connectivity index (χ3n) is 7.90. The van der Waals surface area contributed by atoms with E-state index in [0.717, 1.165) is 0 Å². The van der Waals surface area contributed by atoms with Crippen LogP contribution in [-0.2, 0) is 15.9 Å². The van der Waals surface area contributed by atoms with Crippen molar-refractivity contribution in [2.45, 2.75) is 56.8 Å². The summed E-state index contributed by atoms with van der Waals surface area (Å²) < 4.78 is 17.3. The molecule has 208 valence electrons. The minimum atomic E-state index is -0.972. The Labute approximate surface area is 223 Å². The molecular weight excluding hydrogens is 510 g/mol. The molecule has 1 heterocycles. The molecule has 2 aromatic carbocycles. The molecule has 0 aromatic heterocycles. The summed E-state index contributed by atoms with van der Waals surface area (Å²) in [5, 5.41) is 46.7. The Morgan fingerprint density at radius 2 is 1.85 bits per heavy atom. The Bertz CT molecular complexity index is 1360. The highest BCUT2D eigenvalue weighted by Gasteiger charge is 2.45. The number of phenolic OH excluding ortho intramolecular Hbond substituents is 2. The number of carbonyl (C=O) groups excluding carboxylic acids is 2. The van der Waals surface area contributed by atoms with Crippen molar-refractivity contribution < 1.29 is 44.2 Å². The Balaban J connectivity index is 1.67. The van der Waals surface area contributed by atoms with E-state index in [9.17, 15) is 30.0 Å². The van der Waals surface area contributed by atoms with Gasteiger partial charge in [0.1, 0.15) is 17.2 Å². The smallest absolute Gasteiger partial charge is 0.202 e. The Kier molecular flexibility index (Phi) is 7.08. The van der Waals surface area contributed by atoms with Crippen LogP contribution in [0.25, 0.3) is 0 Å². The molecule has 6 atom stereocenters. The number of nitrogens with two attached hydrogens (primary N) is 2. The van der Waals surface area contributed by atoms with Gasteiger partial charge in [-0.25, -0.2) is 0 Å². The van der Waals surface area contributed by atoms with Crippen LogP contribution in [0, 0.1) is 5.92 Å². The molecule has 1 saturated heterocycles. The van der Waals surface area contributed by atoms with E-state index in [2.05, 4.69) is 5.10 Å². The monoisotopic (exact) mass is 541 g/mol. The van der Waals surface area contributed by atoms with Gasteiger partial charge in [0.15, 0.2) is 12.1 Å². The van der Waals surface area contributed by atoms with E-state index < -0.39 is 66.2 Å². The summed E-state index contributed by atoms with van der Waals surface area (Å²) in [6.07, 6.45) is -3.04. The zero-order valence-corrected chi connectivity index (χ0v) is 21.5. The molecule has 39 heavy (non-hydrogen) atoms. The summed E-state index contributed by atoms with van der Waals surface area (Å²) in [6, 6.07) is 3.91. The lowest BCUT2D eigenvalue weighted by molar-refractivity contribution is -0.242. The minimum Gasteiger partial charge on any atom is -0.507 e. The van der Waals surface area contributed by atoms with Crippen LogP contribution in [0.4, 0.5) is 0 Å². The number of benzene rings is 2. The molecule has 2 aromatic rings. The van der Waals surface area contributed by atoms with Crippen molar-refractivity contribution >= 4 is 17.3 Å². The number of aromatic hydroxyl groups is 2. The first-order valence-corrected chi connectivity index (χ1v) is 12.6. The van der Waals surface area contributed by atoms with Gasteiger partial charge in [0.25, 0.3) is 0 Å². The van der Waals surface area contributed by atoms with Gasteiger partial charge in [-0.2, -0.15) is 5.10 Å². The first-order valence-electron chi connectivity index (χ1n) is 12.6. The van der Waals surface area contributed by atoms with E-state index in [1.54, 1.807) is 13.0 Å². The second-order valence-electron chi connectivity index (χ2n) is 10.1. The molecule has 1 fully saturated rings. The summed E-state index contributed by atoms with van der Waals surface area (Å²) in [4.78, 5) is 27.3. The average molecular weight is 542 g/mol. The van der Waals surface area contributed by atoms with Crippen molar-refractivity contribution in [2.24, 2.45) is 22.6 Å². The van der Waals surface area contributed by atoms with Crippen LogP contribution in [0.3, 0.4) is 0 Å². The van der Waals surface area contributed by atoms with Gasteiger partial charge < -0.3 is 46.2 Å². The fourth-order valence-electron chi connectivity index (χ4n) is 5.89. The topological polar surface area (TPSA) is 207 Å². The lowest BCUT2D eigenvalue weighted by atomic mass is 9.73. The van der Waals surface area contributed by atoms with Crippen LogP contribution < -0.4 is 16.3 Å². The van der Waals surface area contributed by atoms with Gasteiger partial charge in [0, 0.05) is 35.1 Å². The average Bonchev–Trinajstić information content (AvgIpc) is 2.92. The molecule has 8 N–H and O–H groups in total. The number of fused-ring (bicyclic) bond motifs is 3. The van der Waals surface area contributed by atoms with Crippen LogP contribution in [0.1, 0.15) is 68.8 Å². The van der Waals surface area contributed by atoms with Crippen LogP contribution in [-0.4, -0.2) is 76.0 Å². The van der Waals surface area contributed by atoms with Gasteiger partial charge in [-0.15, -0.1) is 0 Å². The molecule has 0 amide bonds. The van der Waals surface area contributed by atoms with Gasteiger partial charge in [-0.3, -0.25) is 9.59 Å². The predicted octanol–water partition coefficient (Wildman–Crippen LogP) is 0.632. The van der Waals surface area contributed by atoms with E-state index in [1.807, 2.05) is 0 Å². The number of phenols is 2. The van der Waals surface area contributed by atoms with Crippen molar-refractivity contribution in [1.82, 2.24) is 0 Å². The lowest BCUT2D eigenvalue weighted by Crippen LogP contribution is -2.52. The summed E-state index contributed by atoms with van der Waals surface area (Å²) in [6.45, 7) is 1.19. The quantitative estimate of drug-likeness (QED) is 0.114. The van der Waals surface area contributed by atoms with Crippen LogP contribution in [0.15, 0.2) is 23.3 Å². The largest absolute Gasteiger partial charge is 0.507 e. The van der Waals surface area contributed by atoms with Crippen molar-refractivity contribution in [3.8, 4) is 17.2 Å². The third kappa shape index (κ3) is 4.24. The van der Waals surface area contributed by atoms with Crippen molar-refractivity contribution in [3.63, 3.8) is 0 Å². The molecule has 0 radical (unpaired) electrons. The molecule has 2 aliphatic carbocycles. The number of hydrogen-bond donors (Lipinski definition) is 6. The minimum absolute atomic E-state index is 0.0134. The predicted molar refractivity (Wildman–Crippen MR) is 137 cm³/mol. The second kappa shape index (κ2) is 10.2. The molecule has 0 saturated carbocycles. The highest BCUT2D eigenvalue weighted by Crippen LogP contribution is 2.51. The van der Waals surface area contributed by atoms with Crippen LogP contribution >= 0.6 is 0 Å². The standard InChI is InChI=1S/C27H31N3O9/c1-10-23(32)14(28)8-18(38-10)39-17-7-11(15(9-31)30-29)6-13-20(17)27(36)22-21(25(13)34)24(33)12-4-3-5-16(37-2)19(12)26(22)35/h3-5,10-11,14,17-18,23,31-32,34,36H,6-9,28-29H2,1-2H3/b30-15+/t10?,11?,14?,17-,18?,23?/m1/s1. The molecule has 12 nitrogen and oxygen atoms in total. The van der Waals surface area contributed by atoms with Gasteiger partial charge in [-0.05, 0) is 25.8 Å². The number of carbonyl (C=O) groups is 2. The van der Waals surface area contributed by atoms with Gasteiger partial charge in [0.2, 0.25) is 5.78 Å². The van der Waals surface area contributed by atoms with Gasteiger partial charge >= 0.3 is 0 Å². The van der Waals surface area contributed by atoms with Crippen LogP contribution in [0.2, 0.25) is 0 Å². The second-order valence-corrected chi connectivity index (χ2v) is 10.1. The number of methoxy groups -OCH3 is 1. The Morgan fingerprint density at radius 1 is 1.13 bits per heavy atom. The van der Waals surface area contributed by atoms with E-state index in [1.165, 1.54) is 19.2 Å². The number of ether oxygens (including phenoxy) is 3. The normalized spacial score (nSPS) is 28.5. The number of nitrogens with zero attached hydrogens (tertiary/aromatic N) is 1. The summed E-state index contributed by atoms with van der Waals surface area (Å²) >= 11 is 0. The van der Waals surface area contributed by atoms with Crippen molar-refractivity contribution in [1.29, 1.82) is 0 Å². The first kappa shape index (κ1) is 27.0. The Hall–Kier alpha value is -3.55. The van der Waals surface area contributed by atoms with Crippen LogP contribution in [0.5, 0.6) is 17.2 Å². The number of aliphatic hydroxyl groups is 2. The Morgan fingerprint density at radius 3 is 2.49 bits per heavy atom. The van der Waals surface area contributed by atoms with E-state index >= 15 is 0 Å². The number of ketones is 2. The summed E-state index contributed by atoms with van der Waals surface area (Å²) in [7, 11) is 1.36. The maximum absolute atomic E-state index is 13.7. The zero-order valence-electron chi connectivity index (χ0n) is 21.5. The molecular formula is C27H31N3O9. The lowest BCUT2D eigenvalue weighted by Gasteiger charge is -2.40. The fourth-order valence-corrected chi connectivity index (χ4v) is 5.89. The maximum Gasteiger partial charge on any atom is 0.202 e. The number of rotatable bonds is 5. The maximum atomic E-state index is 13.7. The van der Waals surface area contributed by atoms with Gasteiger partial charge in [-0.1, -0.05) is 12.1 Å². The SMILES string of the molecule is COc1cccc2c1C(=O)c1c(O)c3c(c(O)c1C2=O)CC(/C(CO)=N/N)C[C@H]3OC1CC(N)C(O)C(C)O1. The molecule has 12 heteroatoms. The number of aliphatic hydroxyl groups excluding tert-OH is 2.